The number of rotatable bonds is 8. The number of hydrogen-bond acceptors (Lipinski definition) is 4. The molecule has 0 saturated heterocycles. The molecule has 0 spiro atoms. The van der Waals surface area contributed by atoms with Gasteiger partial charge in [-0.25, -0.2) is 0 Å². The molecule has 2 atom stereocenters. The summed E-state index contributed by atoms with van der Waals surface area (Å²) < 4.78 is 5.23. The summed E-state index contributed by atoms with van der Waals surface area (Å²) in [7, 11) is 1.74. The van der Waals surface area contributed by atoms with Gasteiger partial charge in [-0.3, -0.25) is 9.88 Å². The maximum Gasteiger partial charge on any atom is 0.0590 e. The van der Waals surface area contributed by atoms with E-state index in [9.17, 15) is 0 Å². The fourth-order valence-electron chi connectivity index (χ4n) is 2.38. The van der Waals surface area contributed by atoms with Crippen molar-refractivity contribution in [2.24, 2.45) is 5.73 Å². The predicted octanol–water partition coefficient (Wildman–Crippen LogP) is 2.22. The number of aromatic nitrogens is 1. The Bertz CT molecular complexity index is 343. The Hall–Kier alpha value is -0.970. The Kier molecular flexibility index (Phi) is 6.99. The van der Waals surface area contributed by atoms with Gasteiger partial charge in [0.1, 0.15) is 0 Å². The van der Waals surface area contributed by atoms with Gasteiger partial charge in [0.2, 0.25) is 0 Å². The molecule has 4 nitrogen and oxygen atoms in total. The van der Waals surface area contributed by atoms with Gasteiger partial charge in [0.05, 0.1) is 12.6 Å². The minimum absolute atomic E-state index is 0.113. The van der Waals surface area contributed by atoms with Crippen molar-refractivity contribution in [3.8, 4) is 0 Å². The van der Waals surface area contributed by atoms with Gasteiger partial charge in [-0.05, 0) is 38.0 Å². The molecule has 0 amide bonds. The highest BCUT2D eigenvalue weighted by atomic mass is 16.5. The van der Waals surface area contributed by atoms with Crippen LogP contribution in [0.25, 0.3) is 0 Å². The largest absolute Gasteiger partial charge is 0.383 e. The van der Waals surface area contributed by atoms with Gasteiger partial charge in [0, 0.05) is 38.1 Å². The zero-order valence-electron chi connectivity index (χ0n) is 12.5. The monoisotopic (exact) mass is 265 g/mol. The third kappa shape index (κ3) is 4.56. The van der Waals surface area contributed by atoms with Gasteiger partial charge in [-0.1, -0.05) is 6.92 Å². The Labute approximate surface area is 117 Å². The predicted molar refractivity (Wildman–Crippen MR) is 79.0 cm³/mol. The van der Waals surface area contributed by atoms with E-state index in [1.54, 1.807) is 7.11 Å². The lowest BCUT2D eigenvalue weighted by molar-refractivity contribution is 0.0831. The summed E-state index contributed by atoms with van der Waals surface area (Å²) in [4.78, 5) is 6.50. The van der Waals surface area contributed by atoms with Crippen LogP contribution < -0.4 is 5.73 Å². The van der Waals surface area contributed by atoms with Crippen LogP contribution in [0, 0.1) is 0 Å². The molecule has 2 N–H and O–H groups in total. The Balaban J connectivity index is 2.99. The molecule has 19 heavy (non-hydrogen) atoms. The van der Waals surface area contributed by atoms with E-state index < -0.39 is 0 Å². The van der Waals surface area contributed by atoms with Crippen molar-refractivity contribution in [3.05, 3.63) is 30.1 Å². The first-order valence-electron chi connectivity index (χ1n) is 7.02. The third-order valence-electron chi connectivity index (χ3n) is 3.50. The highest BCUT2D eigenvalue weighted by molar-refractivity contribution is 5.17. The molecule has 0 aromatic carbocycles. The van der Waals surface area contributed by atoms with E-state index >= 15 is 0 Å². The topological polar surface area (TPSA) is 51.4 Å². The van der Waals surface area contributed by atoms with Crippen molar-refractivity contribution >= 4 is 0 Å². The summed E-state index contributed by atoms with van der Waals surface area (Å²) in [6.45, 7) is 8.14. The first-order valence-corrected chi connectivity index (χ1v) is 7.02. The molecular formula is C15H27N3O. The standard InChI is InChI=1S/C15H27N3O/c1-5-14(16)15(13-6-8-17-9-7-13)18(12(2)3)10-11-19-4/h6-9,12,14-15H,5,10-11,16H2,1-4H3. The van der Waals surface area contributed by atoms with E-state index in [0.29, 0.717) is 6.04 Å². The second-order valence-electron chi connectivity index (χ2n) is 5.12. The van der Waals surface area contributed by atoms with E-state index in [4.69, 9.17) is 10.5 Å². The molecule has 0 radical (unpaired) electrons. The van der Waals surface area contributed by atoms with Crippen LogP contribution >= 0.6 is 0 Å². The highest BCUT2D eigenvalue weighted by Crippen LogP contribution is 2.26. The molecule has 1 aromatic rings. The van der Waals surface area contributed by atoms with Crippen LogP contribution in [0.4, 0.5) is 0 Å². The van der Waals surface area contributed by atoms with E-state index in [1.165, 1.54) is 5.56 Å². The van der Waals surface area contributed by atoms with Crippen LogP contribution in [0.3, 0.4) is 0 Å². The first-order chi connectivity index (χ1) is 9.11. The summed E-state index contributed by atoms with van der Waals surface area (Å²) >= 11 is 0. The van der Waals surface area contributed by atoms with Crippen molar-refractivity contribution in [1.82, 2.24) is 9.88 Å². The molecule has 0 fully saturated rings. The van der Waals surface area contributed by atoms with E-state index in [-0.39, 0.29) is 12.1 Å². The quantitative estimate of drug-likeness (QED) is 0.783. The minimum Gasteiger partial charge on any atom is -0.383 e. The second kappa shape index (κ2) is 8.25. The molecular weight excluding hydrogens is 238 g/mol. The fourth-order valence-corrected chi connectivity index (χ4v) is 2.38. The maximum atomic E-state index is 6.36. The second-order valence-corrected chi connectivity index (χ2v) is 5.12. The van der Waals surface area contributed by atoms with Gasteiger partial charge in [-0.2, -0.15) is 0 Å². The van der Waals surface area contributed by atoms with Gasteiger partial charge < -0.3 is 10.5 Å². The number of nitrogens with two attached hydrogens (primary N) is 1. The van der Waals surface area contributed by atoms with Crippen molar-refractivity contribution in [1.29, 1.82) is 0 Å². The molecule has 1 heterocycles. The van der Waals surface area contributed by atoms with Gasteiger partial charge in [0.25, 0.3) is 0 Å². The van der Waals surface area contributed by atoms with Crippen LogP contribution in [0.2, 0.25) is 0 Å². The number of methoxy groups -OCH3 is 1. The summed E-state index contributed by atoms with van der Waals surface area (Å²) in [5, 5.41) is 0. The summed E-state index contributed by atoms with van der Waals surface area (Å²) in [5.41, 5.74) is 7.59. The van der Waals surface area contributed by atoms with Crippen LogP contribution in [0.15, 0.2) is 24.5 Å². The summed E-state index contributed by atoms with van der Waals surface area (Å²) in [6, 6.07) is 4.86. The molecule has 0 saturated carbocycles. The molecule has 1 rings (SSSR count). The molecule has 1 aromatic heterocycles. The van der Waals surface area contributed by atoms with Crippen molar-refractivity contribution in [2.45, 2.75) is 45.3 Å². The molecule has 0 aliphatic rings. The normalized spacial score (nSPS) is 14.9. The zero-order valence-corrected chi connectivity index (χ0v) is 12.5. The average molecular weight is 265 g/mol. The third-order valence-corrected chi connectivity index (χ3v) is 3.50. The number of hydrogen-bond donors (Lipinski definition) is 1. The molecule has 0 bridgehead atoms. The number of pyridine rings is 1. The number of ether oxygens (including phenoxy) is 1. The van der Waals surface area contributed by atoms with E-state index in [1.807, 2.05) is 12.4 Å². The van der Waals surface area contributed by atoms with Crippen LogP contribution in [-0.2, 0) is 4.74 Å². The SMILES string of the molecule is CCC(N)C(c1ccncc1)N(CCOC)C(C)C. The van der Waals surface area contributed by atoms with Gasteiger partial charge >= 0.3 is 0 Å². The van der Waals surface area contributed by atoms with Gasteiger partial charge in [-0.15, -0.1) is 0 Å². The smallest absolute Gasteiger partial charge is 0.0590 e. The minimum atomic E-state index is 0.113. The lowest BCUT2D eigenvalue weighted by Gasteiger charge is -2.38. The molecule has 0 aliphatic carbocycles. The molecule has 2 unspecified atom stereocenters. The Morgan fingerprint density at radius 1 is 1.32 bits per heavy atom. The average Bonchev–Trinajstić information content (AvgIpc) is 2.43. The van der Waals surface area contributed by atoms with Crippen molar-refractivity contribution < 1.29 is 4.74 Å². The fraction of sp³-hybridized carbons (Fsp3) is 0.667. The Morgan fingerprint density at radius 2 is 1.95 bits per heavy atom. The molecule has 4 heteroatoms. The molecule has 0 aliphatic heterocycles. The first kappa shape index (κ1) is 16.1. The van der Waals surface area contributed by atoms with Crippen molar-refractivity contribution in [2.75, 3.05) is 20.3 Å². The zero-order chi connectivity index (χ0) is 14.3. The summed E-state index contributed by atoms with van der Waals surface area (Å²) in [5.74, 6) is 0. The summed E-state index contributed by atoms with van der Waals surface area (Å²) in [6.07, 6.45) is 4.61. The van der Waals surface area contributed by atoms with E-state index in [0.717, 1.165) is 19.6 Å². The van der Waals surface area contributed by atoms with E-state index in [2.05, 4.69) is 42.8 Å². The Morgan fingerprint density at radius 3 is 2.42 bits per heavy atom. The lowest BCUT2D eigenvalue weighted by Crippen LogP contribution is -2.45. The highest BCUT2D eigenvalue weighted by Gasteiger charge is 2.27. The van der Waals surface area contributed by atoms with Crippen LogP contribution in [-0.4, -0.2) is 42.2 Å². The number of nitrogens with zero attached hydrogens (tertiary/aromatic N) is 2. The van der Waals surface area contributed by atoms with Crippen LogP contribution in [0.5, 0.6) is 0 Å². The van der Waals surface area contributed by atoms with Crippen LogP contribution in [0.1, 0.15) is 38.8 Å². The molecule has 108 valence electrons. The lowest BCUT2D eigenvalue weighted by atomic mass is 9.96. The van der Waals surface area contributed by atoms with Gasteiger partial charge in [0.15, 0.2) is 0 Å². The van der Waals surface area contributed by atoms with Crippen molar-refractivity contribution in [3.63, 3.8) is 0 Å². The maximum absolute atomic E-state index is 6.36.